The largest absolute Gasteiger partial charge is 0.478 e. The molecule has 92 valence electrons. The molecule has 17 heavy (non-hydrogen) atoms. The predicted octanol–water partition coefficient (Wildman–Crippen LogP) is 0.628. The van der Waals surface area contributed by atoms with Gasteiger partial charge in [0.15, 0.2) is 0 Å². The third-order valence-corrected chi connectivity index (χ3v) is 4.52. The third-order valence-electron chi connectivity index (χ3n) is 2.67. The van der Waals surface area contributed by atoms with Gasteiger partial charge in [0, 0.05) is 12.7 Å². The Morgan fingerprint density at radius 1 is 1.53 bits per heavy atom. The average molecular weight is 256 g/mol. The lowest BCUT2D eigenvalue weighted by atomic mass is 10.1. The standard InChI is InChI=1S/C10H12N2O4S/c1-7-6-11-9(5-8(7)10(13)14)12-3-2-4-17(12,15)16/h5-6H,2-4H2,1H3,(H,13,14). The molecule has 0 spiro atoms. The van der Waals surface area contributed by atoms with Crippen LogP contribution in [0.2, 0.25) is 0 Å². The van der Waals surface area contributed by atoms with Crippen molar-refractivity contribution >= 4 is 21.8 Å². The summed E-state index contributed by atoms with van der Waals surface area (Å²) >= 11 is 0. The maximum Gasteiger partial charge on any atom is 0.336 e. The zero-order valence-corrected chi connectivity index (χ0v) is 10.1. The van der Waals surface area contributed by atoms with E-state index in [2.05, 4.69) is 4.98 Å². The second-order valence-electron chi connectivity index (χ2n) is 3.90. The first-order valence-electron chi connectivity index (χ1n) is 5.12. The monoisotopic (exact) mass is 256 g/mol. The first kappa shape index (κ1) is 11.8. The highest BCUT2D eigenvalue weighted by Crippen LogP contribution is 2.23. The van der Waals surface area contributed by atoms with E-state index in [4.69, 9.17) is 5.11 Å². The summed E-state index contributed by atoms with van der Waals surface area (Å²) in [6.45, 7) is 1.98. The van der Waals surface area contributed by atoms with Crippen molar-refractivity contribution in [3.05, 3.63) is 23.4 Å². The van der Waals surface area contributed by atoms with Crippen molar-refractivity contribution in [3.63, 3.8) is 0 Å². The molecule has 1 aromatic heterocycles. The minimum absolute atomic E-state index is 0.0806. The van der Waals surface area contributed by atoms with E-state index >= 15 is 0 Å². The van der Waals surface area contributed by atoms with Crippen LogP contribution in [-0.4, -0.2) is 36.8 Å². The van der Waals surface area contributed by atoms with Crippen LogP contribution in [0.4, 0.5) is 5.82 Å². The number of hydrogen-bond donors (Lipinski definition) is 1. The second kappa shape index (κ2) is 3.99. The van der Waals surface area contributed by atoms with Gasteiger partial charge in [-0.1, -0.05) is 0 Å². The molecule has 0 bridgehead atoms. The Morgan fingerprint density at radius 2 is 2.24 bits per heavy atom. The molecule has 0 saturated carbocycles. The average Bonchev–Trinajstić information content (AvgIpc) is 2.58. The maximum absolute atomic E-state index is 11.7. The van der Waals surface area contributed by atoms with Gasteiger partial charge in [-0.2, -0.15) is 0 Å². The number of hydrogen-bond acceptors (Lipinski definition) is 4. The molecular weight excluding hydrogens is 244 g/mol. The topological polar surface area (TPSA) is 87.6 Å². The molecule has 0 aliphatic carbocycles. The molecule has 0 unspecified atom stereocenters. The zero-order chi connectivity index (χ0) is 12.6. The number of carbonyl (C=O) groups is 1. The minimum atomic E-state index is -3.32. The molecule has 1 saturated heterocycles. The number of carboxylic acids is 1. The number of aromatic carboxylic acids is 1. The fraction of sp³-hybridized carbons (Fsp3) is 0.400. The van der Waals surface area contributed by atoms with Crippen molar-refractivity contribution in [2.75, 3.05) is 16.6 Å². The van der Waals surface area contributed by atoms with Gasteiger partial charge in [-0.25, -0.2) is 18.2 Å². The van der Waals surface area contributed by atoms with Crippen molar-refractivity contribution in [1.29, 1.82) is 0 Å². The van der Waals surface area contributed by atoms with Gasteiger partial charge in [-0.15, -0.1) is 0 Å². The van der Waals surface area contributed by atoms with Gasteiger partial charge in [0.1, 0.15) is 5.82 Å². The first-order valence-corrected chi connectivity index (χ1v) is 6.73. The Hall–Kier alpha value is -1.63. The van der Waals surface area contributed by atoms with E-state index in [9.17, 15) is 13.2 Å². The van der Waals surface area contributed by atoms with Crippen LogP contribution in [0.5, 0.6) is 0 Å². The number of sulfonamides is 1. The van der Waals surface area contributed by atoms with Crippen LogP contribution in [-0.2, 0) is 10.0 Å². The van der Waals surface area contributed by atoms with E-state index in [-0.39, 0.29) is 17.1 Å². The SMILES string of the molecule is Cc1cnc(N2CCCS2(=O)=O)cc1C(=O)O. The predicted molar refractivity (Wildman–Crippen MR) is 61.7 cm³/mol. The van der Waals surface area contributed by atoms with E-state index in [0.717, 1.165) is 0 Å². The molecule has 1 N–H and O–H groups in total. The van der Waals surface area contributed by atoms with Gasteiger partial charge in [0.2, 0.25) is 10.0 Å². The Bertz CT molecular complexity index is 568. The molecule has 0 aromatic carbocycles. The van der Waals surface area contributed by atoms with Crippen LogP contribution in [0.25, 0.3) is 0 Å². The van der Waals surface area contributed by atoms with Crippen LogP contribution >= 0.6 is 0 Å². The molecule has 1 aliphatic heterocycles. The summed E-state index contributed by atoms with van der Waals surface area (Å²) in [6.07, 6.45) is 1.92. The van der Waals surface area contributed by atoms with Crippen molar-refractivity contribution in [3.8, 4) is 0 Å². The number of rotatable bonds is 2. The lowest BCUT2D eigenvalue weighted by Crippen LogP contribution is -2.26. The van der Waals surface area contributed by atoms with Crippen molar-refractivity contribution in [1.82, 2.24) is 4.98 Å². The summed E-state index contributed by atoms with van der Waals surface area (Å²) in [5.41, 5.74) is 0.593. The quantitative estimate of drug-likeness (QED) is 0.838. The molecular formula is C10H12N2O4S. The van der Waals surface area contributed by atoms with Crippen LogP contribution in [0.1, 0.15) is 22.3 Å². The van der Waals surface area contributed by atoms with E-state index < -0.39 is 16.0 Å². The Kier molecular flexibility index (Phi) is 2.78. The Morgan fingerprint density at radius 3 is 2.76 bits per heavy atom. The smallest absolute Gasteiger partial charge is 0.336 e. The first-order chi connectivity index (χ1) is 7.92. The number of nitrogens with zero attached hydrogens (tertiary/aromatic N) is 2. The van der Waals surface area contributed by atoms with Gasteiger partial charge in [0.05, 0.1) is 11.3 Å². The van der Waals surface area contributed by atoms with Gasteiger partial charge >= 0.3 is 5.97 Å². The van der Waals surface area contributed by atoms with Gasteiger partial charge in [-0.3, -0.25) is 4.31 Å². The minimum Gasteiger partial charge on any atom is -0.478 e. The molecule has 1 aromatic rings. The molecule has 7 heteroatoms. The van der Waals surface area contributed by atoms with E-state index in [1.54, 1.807) is 6.92 Å². The summed E-state index contributed by atoms with van der Waals surface area (Å²) in [5, 5.41) is 8.97. The van der Waals surface area contributed by atoms with Crippen molar-refractivity contribution in [2.45, 2.75) is 13.3 Å². The summed E-state index contributed by atoms with van der Waals surface area (Å²) in [4.78, 5) is 14.9. The Balaban J connectivity index is 2.47. The second-order valence-corrected chi connectivity index (χ2v) is 5.92. The highest BCUT2D eigenvalue weighted by Gasteiger charge is 2.30. The van der Waals surface area contributed by atoms with E-state index in [1.807, 2.05) is 0 Å². The van der Waals surface area contributed by atoms with E-state index in [0.29, 0.717) is 18.5 Å². The molecule has 2 heterocycles. The Labute approximate surface area is 98.9 Å². The lowest BCUT2D eigenvalue weighted by Gasteiger charge is -2.16. The molecule has 6 nitrogen and oxygen atoms in total. The third kappa shape index (κ3) is 2.10. The fourth-order valence-corrected chi connectivity index (χ4v) is 3.28. The van der Waals surface area contributed by atoms with Crippen LogP contribution in [0, 0.1) is 6.92 Å². The van der Waals surface area contributed by atoms with Gasteiger partial charge in [0.25, 0.3) is 0 Å². The fourth-order valence-electron chi connectivity index (χ4n) is 1.78. The summed E-state index contributed by atoms with van der Waals surface area (Å²) in [7, 11) is -3.32. The summed E-state index contributed by atoms with van der Waals surface area (Å²) in [5.74, 6) is -0.807. The number of aromatic nitrogens is 1. The zero-order valence-electron chi connectivity index (χ0n) is 9.25. The summed E-state index contributed by atoms with van der Waals surface area (Å²) in [6, 6.07) is 1.31. The molecule has 0 atom stereocenters. The number of pyridine rings is 1. The molecule has 1 aliphatic rings. The summed E-state index contributed by atoms with van der Waals surface area (Å²) < 4.78 is 24.5. The van der Waals surface area contributed by atoms with Crippen molar-refractivity contribution in [2.24, 2.45) is 0 Å². The van der Waals surface area contributed by atoms with Gasteiger partial charge < -0.3 is 5.11 Å². The number of anilines is 1. The maximum atomic E-state index is 11.7. The van der Waals surface area contributed by atoms with E-state index in [1.165, 1.54) is 16.6 Å². The molecule has 0 amide bonds. The lowest BCUT2D eigenvalue weighted by molar-refractivity contribution is 0.0696. The highest BCUT2D eigenvalue weighted by atomic mass is 32.2. The van der Waals surface area contributed by atoms with Crippen molar-refractivity contribution < 1.29 is 18.3 Å². The van der Waals surface area contributed by atoms with Gasteiger partial charge in [-0.05, 0) is 25.0 Å². The van der Waals surface area contributed by atoms with Crippen LogP contribution in [0.15, 0.2) is 12.3 Å². The van der Waals surface area contributed by atoms with Crippen LogP contribution in [0.3, 0.4) is 0 Å². The number of aryl methyl sites for hydroxylation is 1. The number of carboxylic acid groups (broad SMARTS) is 1. The highest BCUT2D eigenvalue weighted by molar-refractivity contribution is 7.93. The molecule has 0 radical (unpaired) electrons. The molecule has 2 rings (SSSR count). The van der Waals surface area contributed by atoms with Crippen LogP contribution < -0.4 is 4.31 Å². The normalized spacial score (nSPS) is 18.3. The molecule has 1 fully saturated rings.